The van der Waals surface area contributed by atoms with E-state index in [1.807, 2.05) is 11.3 Å². The van der Waals surface area contributed by atoms with Gasteiger partial charge < -0.3 is 5.73 Å². The Kier molecular flexibility index (Phi) is 2.68. The van der Waals surface area contributed by atoms with Crippen LogP contribution in [0.2, 0.25) is 0 Å². The van der Waals surface area contributed by atoms with E-state index in [-0.39, 0.29) is 0 Å². The van der Waals surface area contributed by atoms with Gasteiger partial charge in [0.25, 0.3) is 0 Å². The number of thiazole rings is 1. The number of fused-ring (bicyclic) bond motifs is 1. The van der Waals surface area contributed by atoms with Crippen LogP contribution in [0.5, 0.6) is 0 Å². The first kappa shape index (κ1) is 11.2. The van der Waals surface area contributed by atoms with Crippen LogP contribution in [0.15, 0.2) is 18.2 Å². The molecule has 0 saturated heterocycles. The smallest absolute Gasteiger partial charge is 0.0944 e. The number of nitrogens with two attached hydrogens (primary N) is 1. The summed E-state index contributed by atoms with van der Waals surface area (Å²) in [6.07, 6.45) is 4.96. The molecule has 0 amide bonds. The lowest BCUT2D eigenvalue weighted by atomic mass is 9.67. The van der Waals surface area contributed by atoms with Crippen LogP contribution in [0.3, 0.4) is 0 Å². The Morgan fingerprint density at radius 2 is 2.24 bits per heavy atom. The van der Waals surface area contributed by atoms with Gasteiger partial charge in [-0.3, -0.25) is 0 Å². The van der Waals surface area contributed by atoms with Gasteiger partial charge in [0.05, 0.1) is 15.2 Å². The van der Waals surface area contributed by atoms with Gasteiger partial charge in [0.1, 0.15) is 0 Å². The number of para-hydroxylation sites is 1. The molecule has 0 atom stereocenters. The van der Waals surface area contributed by atoms with Crippen LogP contribution in [-0.4, -0.2) is 11.5 Å². The number of nitrogens with zero attached hydrogens (tertiary/aromatic N) is 1. The summed E-state index contributed by atoms with van der Waals surface area (Å²) in [6.45, 7) is 2.94. The third-order valence-corrected chi connectivity index (χ3v) is 5.06. The molecule has 1 aromatic heterocycles. The highest BCUT2D eigenvalue weighted by molar-refractivity contribution is 7.18. The van der Waals surface area contributed by atoms with Crippen LogP contribution in [0, 0.1) is 12.3 Å². The second kappa shape index (κ2) is 4.07. The summed E-state index contributed by atoms with van der Waals surface area (Å²) in [4.78, 5) is 4.79. The van der Waals surface area contributed by atoms with Crippen molar-refractivity contribution in [1.82, 2.24) is 4.98 Å². The van der Waals surface area contributed by atoms with E-state index < -0.39 is 0 Å². The molecule has 0 radical (unpaired) electrons. The first-order valence-electron chi connectivity index (χ1n) is 6.28. The van der Waals surface area contributed by atoms with Crippen molar-refractivity contribution in [2.75, 3.05) is 6.54 Å². The highest BCUT2D eigenvalue weighted by atomic mass is 32.1. The van der Waals surface area contributed by atoms with Gasteiger partial charge in [-0.2, -0.15) is 0 Å². The van der Waals surface area contributed by atoms with Crippen LogP contribution in [0.4, 0.5) is 0 Å². The van der Waals surface area contributed by atoms with Gasteiger partial charge in [-0.25, -0.2) is 4.98 Å². The van der Waals surface area contributed by atoms with Gasteiger partial charge in [-0.1, -0.05) is 18.6 Å². The zero-order chi connectivity index (χ0) is 11.9. The summed E-state index contributed by atoms with van der Waals surface area (Å²) < 4.78 is 1.31. The summed E-state index contributed by atoms with van der Waals surface area (Å²) in [5.41, 5.74) is 8.74. The third-order valence-electron chi connectivity index (χ3n) is 4.04. The first-order valence-corrected chi connectivity index (χ1v) is 7.09. The maximum Gasteiger partial charge on any atom is 0.0944 e. The average Bonchev–Trinajstić information content (AvgIpc) is 2.68. The summed E-state index contributed by atoms with van der Waals surface area (Å²) in [5.74, 6) is 0. The minimum absolute atomic E-state index is 0.363. The summed E-state index contributed by atoms with van der Waals surface area (Å²) in [6, 6.07) is 6.41. The highest BCUT2D eigenvalue weighted by Crippen LogP contribution is 2.43. The fraction of sp³-hybridized carbons (Fsp3) is 0.500. The quantitative estimate of drug-likeness (QED) is 0.902. The first-order chi connectivity index (χ1) is 8.22. The molecule has 0 unspecified atom stereocenters. The van der Waals surface area contributed by atoms with E-state index in [2.05, 4.69) is 25.1 Å². The van der Waals surface area contributed by atoms with E-state index >= 15 is 0 Å². The zero-order valence-electron chi connectivity index (χ0n) is 10.2. The number of benzene rings is 1. The normalized spacial score (nSPS) is 18.2. The Labute approximate surface area is 106 Å². The molecule has 1 fully saturated rings. The summed E-state index contributed by atoms with van der Waals surface area (Å²) >= 11 is 1.84. The van der Waals surface area contributed by atoms with Crippen molar-refractivity contribution in [3.8, 4) is 0 Å². The Balaban J connectivity index is 1.93. The molecule has 3 rings (SSSR count). The molecule has 0 spiro atoms. The third kappa shape index (κ3) is 1.87. The van der Waals surface area contributed by atoms with E-state index in [4.69, 9.17) is 10.7 Å². The standard InChI is InChI=1S/C14H18N2S/c1-10-4-2-5-11-13(10)16-12(17-11)8-14(9-15)6-3-7-14/h2,4-5H,3,6-9,15H2,1H3. The fourth-order valence-corrected chi connectivity index (χ4v) is 3.88. The molecule has 2 nitrogen and oxygen atoms in total. The molecule has 1 heterocycles. The SMILES string of the molecule is Cc1cccc2sc(CC3(CN)CCC3)nc12. The van der Waals surface area contributed by atoms with E-state index in [0.29, 0.717) is 5.41 Å². The number of rotatable bonds is 3. The second-order valence-electron chi connectivity index (χ2n) is 5.26. The van der Waals surface area contributed by atoms with Crippen molar-refractivity contribution in [1.29, 1.82) is 0 Å². The largest absolute Gasteiger partial charge is 0.330 e. The van der Waals surface area contributed by atoms with Crippen molar-refractivity contribution in [3.05, 3.63) is 28.8 Å². The summed E-state index contributed by atoms with van der Waals surface area (Å²) in [5, 5.41) is 1.26. The molecule has 0 aliphatic heterocycles. The molecule has 1 aliphatic carbocycles. The van der Waals surface area contributed by atoms with E-state index in [0.717, 1.165) is 13.0 Å². The molecule has 90 valence electrons. The van der Waals surface area contributed by atoms with E-state index in [9.17, 15) is 0 Å². The van der Waals surface area contributed by atoms with Crippen LogP contribution in [0.25, 0.3) is 10.2 Å². The van der Waals surface area contributed by atoms with Gasteiger partial charge >= 0.3 is 0 Å². The maximum absolute atomic E-state index is 5.92. The van der Waals surface area contributed by atoms with Gasteiger partial charge in [0, 0.05) is 6.42 Å². The monoisotopic (exact) mass is 246 g/mol. The minimum atomic E-state index is 0.363. The molecular weight excluding hydrogens is 228 g/mol. The minimum Gasteiger partial charge on any atom is -0.330 e. The Hall–Kier alpha value is -0.930. The molecule has 2 N–H and O–H groups in total. The Morgan fingerprint density at radius 3 is 2.82 bits per heavy atom. The molecule has 2 aromatic rings. The molecular formula is C14H18N2S. The zero-order valence-corrected chi connectivity index (χ0v) is 11.0. The van der Waals surface area contributed by atoms with Crippen molar-refractivity contribution in [2.24, 2.45) is 11.1 Å². The lowest BCUT2D eigenvalue weighted by molar-refractivity contribution is 0.145. The average molecular weight is 246 g/mol. The number of aromatic nitrogens is 1. The number of aryl methyl sites for hydroxylation is 1. The highest BCUT2D eigenvalue weighted by Gasteiger charge is 2.36. The molecule has 1 aliphatic rings. The van der Waals surface area contributed by atoms with Crippen LogP contribution in [-0.2, 0) is 6.42 Å². The molecule has 17 heavy (non-hydrogen) atoms. The molecule has 3 heteroatoms. The Bertz CT molecular complexity index is 535. The molecule has 0 bridgehead atoms. The van der Waals surface area contributed by atoms with Crippen LogP contribution in [0.1, 0.15) is 29.8 Å². The Morgan fingerprint density at radius 1 is 1.41 bits per heavy atom. The number of hydrogen-bond donors (Lipinski definition) is 1. The molecule has 1 saturated carbocycles. The van der Waals surface area contributed by atoms with E-state index in [1.165, 1.54) is 40.1 Å². The van der Waals surface area contributed by atoms with Crippen molar-refractivity contribution >= 4 is 21.6 Å². The van der Waals surface area contributed by atoms with Crippen LogP contribution < -0.4 is 5.73 Å². The van der Waals surface area contributed by atoms with Gasteiger partial charge in [-0.05, 0) is 43.4 Å². The fourth-order valence-electron chi connectivity index (χ4n) is 2.66. The van der Waals surface area contributed by atoms with Crippen molar-refractivity contribution < 1.29 is 0 Å². The van der Waals surface area contributed by atoms with Crippen molar-refractivity contribution in [3.63, 3.8) is 0 Å². The lowest BCUT2D eigenvalue weighted by Gasteiger charge is -2.40. The molecule has 1 aromatic carbocycles. The van der Waals surface area contributed by atoms with Gasteiger partial charge in [0.2, 0.25) is 0 Å². The number of hydrogen-bond acceptors (Lipinski definition) is 3. The van der Waals surface area contributed by atoms with Gasteiger partial charge in [-0.15, -0.1) is 11.3 Å². The van der Waals surface area contributed by atoms with Gasteiger partial charge in [0.15, 0.2) is 0 Å². The second-order valence-corrected chi connectivity index (χ2v) is 6.38. The van der Waals surface area contributed by atoms with E-state index in [1.54, 1.807) is 0 Å². The van der Waals surface area contributed by atoms with Crippen LogP contribution >= 0.6 is 11.3 Å². The van der Waals surface area contributed by atoms with Crippen molar-refractivity contribution in [2.45, 2.75) is 32.6 Å². The summed E-state index contributed by atoms with van der Waals surface area (Å²) in [7, 11) is 0. The topological polar surface area (TPSA) is 38.9 Å². The lowest BCUT2D eigenvalue weighted by Crippen LogP contribution is -2.39. The predicted molar refractivity (Wildman–Crippen MR) is 73.4 cm³/mol. The predicted octanol–water partition coefficient (Wildman–Crippen LogP) is 3.28. The maximum atomic E-state index is 5.92.